The summed E-state index contributed by atoms with van der Waals surface area (Å²) in [6, 6.07) is 24.7. The topological polar surface area (TPSA) is 50.4 Å². The Labute approximate surface area is 187 Å². The summed E-state index contributed by atoms with van der Waals surface area (Å²) in [6.45, 7) is 2.03. The minimum atomic E-state index is -0.321. The van der Waals surface area contributed by atoms with Crippen LogP contribution in [0.3, 0.4) is 0 Å². The van der Waals surface area contributed by atoms with Crippen LogP contribution in [0.4, 0.5) is 5.69 Å². The zero-order chi connectivity index (χ0) is 22.7. The molecule has 0 fully saturated rings. The minimum Gasteiger partial charge on any atom is -0.493 e. The highest BCUT2D eigenvalue weighted by Gasteiger charge is 2.20. The third-order valence-electron chi connectivity index (χ3n) is 5.30. The first-order valence-corrected chi connectivity index (χ1v) is 10.4. The predicted octanol–water partition coefficient (Wildman–Crippen LogP) is 5.03. The van der Waals surface area contributed by atoms with Crippen LogP contribution in [0.2, 0.25) is 0 Å². The summed E-state index contributed by atoms with van der Waals surface area (Å²) in [7, 11) is 4.00. The summed E-state index contributed by atoms with van der Waals surface area (Å²) in [4.78, 5) is 15.4. The Morgan fingerprint density at radius 3 is 2.00 bits per heavy atom. The van der Waals surface area contributed by atoms with Crippen molar-refractivity contribution in [3.05, 3.63) is 112 Å². The summed E-state index contributed by atoms with van der Waals surface area (Å²) in [5.41, 5.74) is 7.50. The fourth-order valence-electron chi connectivity index (χ4n) is 3.56. The van der Waals surface area contributed by atoms with Gasteiger partial charge >= 0.3 is 0 Å². The summed E-state index contributed by atoms with van der Waals surface area (Å²) < 4.78 is 2.98. The van der Waals surface area contributed by atoms with Crippen molar-refractivity contribution in [1.82, 2.24) is 9.36 Å². The summed E-state index contributed by atoms with van der Waals surface area (Å²) in [5, 5.41) is 11.0. The molecule has 32 heavy (non-hydrogen) atoms. The monoisotopic (exact) mass is 423 g/mol. The molecule has 0 unspecified atom stereocenters. The lowest BCUT2D eigenvalue weighted by atomic mass is 10.1. The Hall–Kier alpha value is -4.21. The number of nitrogens with zero attached hydrogens (tertiary/aromatic N) is 3. The molecular weight excluding hydrogens is 398 g/mol. The number of rotatable bonds is 5. The van der Waals surface area contributed by atoms with Gasteiger partial charge < -0.3 is 10.0 Å². The Bertz CT molecular complexity index is 1360. The van der Waals surface area contributed by atoms with Crippen LogP contribution in [-0.2, 0) is 0 Å². The standard InChI is InChI=1S/C27H25N3O2/c1-20-19-24(28(2)3)18-17-21(20)11-10-16-25-26(31)29(22-12-6-4-7-13-22)30(27(25)32)23-14-8-5-9-15-23/h4-9,11-19,31H,1-3H3. The molecule has 1 aromatic heterocycles. The van der Waals surface area contributed by atoms with Gasteiger partial charge in [0.2, 0.25) is 5.88 Å². The number of anilines is 1. The van der Waals surface area contributed by atoms with Gasteiger partial charge in [-0.3, -0.25) is 4.79 Å². The van der Waals surface area contributed by atoms with E-state index in [0.29, 0.717) is 11.4 Å². The highest BCUT2D eigenvalue weighted by Crippen LogP contribution is 2.24. The molecule has 0 amide bonds. The number of aryl methyl sites for hydroxylation is 1. The number of hydrogen-bond donors (Lipinski definition) is 1. The first-order valence-electron chi connectivity index (χ1n) is 10.4. The van der Waals surface area contributed by atoms with E-state index in [1.54, 1.807) is 0 Å². The maximum absolute atomic E-state index is 13.3. The van der Waals surface area contributed by atoms with Gasteiger partial charge in [-0.05, 0) is 66.6 Å². The van der Waals surface area contributed by atoms with E-state index in [1.807, 2.05) is 105 Å². The molecule has 4 rings (SSSR count). The predicted molar refractivity (Wildman–Crippen MR) is 131 cm³/mol. The number of benzene rings is 3. The van der Waals surface area contributed by atoms with E-state index in [-0.39, 0.29) is 17.0 Å². The number of aromatic nitrogens is 2. The van der Waals surface area contributed by atoms with Gasteiger partial charge in [-0.15, -0.1) is 5.73 Å². The van der Waals surface area contributed by atoms with Crippen molar-refractivity contribution in [2.45, 2.75) is 6.92 Å². The molecule has 3 aromatic carbocycles. The molecule has 5 nitrogen and oxygen atoms in total. The third kappa shape index (κ3) is 4.02. The zero-order valence-electron chi connectivity index (χ0n) is 18.4. The summed E-state index contributed by atoms with van der Waals surface area (Å²) in [6.07, 6.45) is 3.36. The Balaban J connectivity index is 1.83. The van der Waals surface area contributed by atoms with Gasteiger partial charge in [0, 0.05) is 19.8 Å². The van der Waals surface area contributed by atoms with Crippen molar-refractivity contribution in [3.8, 4) is 17.3 Å². The normalized spacial score (nSPS) is 10.5. The van der Waals surface area contributed by atoms with Crippen LogP contribution >= 0.6 is 0 Å². The van der Waals surface area contributed by atoms with E-state index in [1.165, 1.54) is 15.4 Å². The van der Waals surface area contributed by atoms with E-state index >= 15 is 0 Å². The molecule has 0 bridgehead atoms. The zero-order valence-corrected chi connectivity index (χ0v) is 18.4. The molecule has 0 saturated heterocycles. The van der Waals surface area contributed by atoms with Gasteiger partial charge in [0.25, 0.3) is 5.56 Å². The Morgan fingerprint density at radius 2 is 1.44 bits per heavy atom. The second-order valence-electron chi connectivity index (χ2n) is 7.73. The summed E-state index contributed by atoms with van der Waals surface area (Å²) >= 11 is 0. The van der Waals surface area contributed by atoms with Gasteiger partial charge in [0.15, 0.2) is 0 Å². The van der Waals surface area contributed by atoms with Gasteiger partial charge in [-0.1, -0.05) is 42.5 Å². The maximum atomic E-state index is 13.3. The molecule has 1 N–H and O–H groups in total. The van der Waals surface area contributed by atoms with Gasteiger partial charge in [0.05, 0.1) is 11.4 Å². The van der Waals surface area contributed by atoms with Crippen molar-refractivity contribution in [1.29, 1.82) is 0 Å². The van der Waals surface area contributed by atoms with E-state index in [9.17, 15) is 9.90 Å². The molecule has 5 heteroatoms. The summed E-state index contributed by atoms with van der Waals surface area (Å²) in [5.74, 6) is -0.134. The average Bonchev–Trinajstić information content (AvgIpc) is 3.05. The third-order valence-corrected chi connectivity index (χ3v) is 5.30. The number of aromatic hydroxyl groups is 1. The smallest absolute Gasteiger partial charge is 0.283 e. The van der Waals surface area contributed by atoms with Crippen LogP contribution in [0.15, 0.2) is 89.4 Å². The molecule has 0 spiro atoms. The quantitative estimate of drug-likeness (QED) is 0.458. The first-order chi connectivity index (χ1) is 15.5. The van der Waals surface area contributed by atoms with Crippen molar-refractivity contribution in [3.63, 3.8) is 0 Å². The molecule has 1 heterocycles. The molecule has 0 radical (unpaired) electrons. The van der Waals surface area contributed by atoms with Gasteiger partial charge in [0.1, 0.15) is 5.56 Å². The molecule has 4 aromatic rings. The Kier molecular flexibility index (Phi) is 5.84. The Morgan fingerprint density at radius 1 is 0.844 bits per heavy atom. The van der Waals surface area contributed by atoms with E-state index in [2.05, 4.69) is 11.8 Å². The fraction of sp³-hybridized carbons (Fsp3) is 0.111. The van der Waals surface area contributed by atoms with Crippen LogP contribution in [0, 0.1) is 6.92 Å². The highest BCUT2D eigenvalue weighted by atomic mass is 16.3. The van der Waals surface area contributed by atoms with Gasteiger partial charge in [-0.25, -0.2) is 9.36 Å². The molecule has 0 aliphatic rings. The minimum absolute atomic E-state index is 0.134. The van der Waals surface area contributed by atoms with Crippen molar-refractivity contribution < 1.29 is 5.11 Å². The number of hydrogen-bond acceptors (Lipinski definition) is 3. The van der Waals surface area contributed by atoms with Crippen molar-refractivity contribution in [2.24, 2.45) is 0 Å². The van der Waals surface area contributed by atoms with Crippen LogP contribution in [0.25, 0.3) is 23.5 Å². The van der Waals surface area contributed by atoms with E-state index < -0.39 is 0 Å². The maximum Gasteiger partial charge on any atom is 0.283 e. The van der Waals surface area contributed by atoms with E-state index in [4.69, 9.17) is 0 Å². The molecule has 160 valence electrons. The van der Waals surface area contributed by atoms with Crippen LogP contribution in [0.1, 0.15) is 16.7 Å². The van der Waals surface area contributed by atoms with Gasteiger partial charge in [-0.2, -0.15) is 0 Å². The lowest BCUT2D eigenvalue weighted by Crippen LogP contribution is -2.20. The first kappa shape index (κ1) is 21.0. The lowest BCUT2D eigenvalue weighted by Gasteiger charge is -2.13. The van der Waals surface area contributed by atoms with E-state index in [0.717, 1.165) is 16.8 Å². The molecule has 0 saturated carbocycles. The molecular formula is C27H25N3O2. The fourth-order valence-corrected chi connectivity index (χ4v) is 3.56. The molecule has 0 aliphatic carbocycles. The lowest BCUT2D eigenvalue weighted by molar-refractivity contribution is 0.424. The van der Waals surface area contributed by atoms with Crippen LogP contribution in [-0.4, -0.2) is 28.6 Å². The second kappa shape index (κ2) is 8.88. The highest BCUT2D eigenvalue weighted by molar-refractivity contribution is 5.64. The number of para-hydroxylation sites is 2. The van der Waals surface area contributed by atoms with Crippen LogP contribution < -0.4 is 10.5 Å². The largest absolute Gasteiger partial charge is 0.493 e. The molecule has 0 atom stereocenters. The molecule has 0 aliphatic heterocycles. The van der Waals surface area contributed by atoms with Crippen LogP contribution in [0.5, 0.6) is 5.88 Å². The SMILES string of the molecule is Cc1cc(N(C)C)ccc1C=C=Cc1c(O)n(-c2ccccc2)n(-c2ccccc2)c1=O. The van der Waals surface area contributed by atoms with Crippen molar-refractivity contribution in [2.75, 3.05) is 19.0 Å². The average molecular weight is 424 g/mol. The second-order valence-corrected chi connectivity index (χ2v) is 7.73. The van der Waals surface area contributed by atoms with Crippen molar-refractivity contribution >= 4 is 17.8 Å².